The number of aromatic nitrogens is 5. The van der Waals surface area contributed by atoms with Crippen molar-refractivity contribution in [2.45, 2.75) is 6.54 Å². The summed E-state index contributed by atoms with van der Waals surface area (Å²) in [7, 11) is -4.67. The number of aromatic amines is 1. The Morgan fingerprint density at radius 1 is 1.30 bits per heavy atom. The molecule has 10 nitrogen and oxygen atoms in total. The topological polar surface area (TPSA) is 140 Å². The first-order valence-electron chi connectivity index (χ1n) is 5.95. The first-order chi connectivity index (χ1) is 9.96. The van der Waals surface area contributed by atoms with Crippen LogP contribution in [0.2, 0.25) is 0 Å². The van der Waals surface area contributed by atoms with Gasteiger partial charge in [0.05, 0.1) is 19.3 Å². The smallest absolute Gasteiger partial charge is 0.809 e. The van der Waals surface area contributed by atoms with Crippen molar-refractivity contribution in [3.05, 3.63) is 29.1 Å². The standard InChI is InChI=1S/C10H12N5O5P.2Na/c16-9-7-8(13-10-11-1-2-15(9)10)14(5-12-7)3-4-20-6-21(17,18)19;;/h1-2,5H,3-4,6H2,(H,11,13)(H2,17,18,19);;/q;2*+1/p-2. The van der Waals surface area contributed by atoms with Crippen LogP contribution < -0.4 is 74.5 Å². The zero-order valence-electron chi connectivity index (χ0n) is 12.6. The summed E-state index contributed by atoms with van der Waals surface area (Å²) < 4.78 is 18.1. The molecule has 3 heterocycles. The van der Waals surface area contributed by atoms with E-state index in [2.05, 4.69) is 15.0 Å². The van der Waals surface area contributed by atoms with Crippen LogP contribution in [0.15, 0.2) is 23.5 Å². The van der Waals surface area contributed by atoms with Gasteiger partial charge in [0.25, 0.3) is 5.56 Å². The number of H-pyrrole nitrogens is 1. The predicted molar refractivity (Wildman–Crippen MR) is 67.5 cm³/mol. The summed E-state index contributed by atoms with van der Waals surface area (Å²) in [6.45, 7) is 0.241. The molecule has 0 radical (unpaired) electrons. The minimum absolute atomic E-state index is 0. The molecule has 13 heteroatoms. The van der Waals surface area contributed by atoms with E-state index >= 15 is 0 Å². The van der Waals surface area contributed by atoms with E-state index in [-0.39, 0.29) is 83.3 Å². The van der Waals surface area contributed by atoms with Crippen molar-refractivity contribution in [3.8, 4) is 0 Å². The molecule has 1 N–H and O–H groups in total. The SMILES string of the molecule is O=c1c2ncn(CCOCP(=O)([O-])[O-])c2[nH]c2nccn12.[Na+].[Na+]. The van der Waals surface area contributed by atoms with Crippen LogP contribution in [0.4, 0.5) is 0 Å². The van der Waals surface area contributed by atoms with E-state index in [9.17, 15) is 19.1 Å². The molecule has 3 aromatic heterocycles. The summed E-state index contributed by atoms with van der Waals surface area (Å²) in [5, 5.41) is 0. The largest absolute Gasteiger partial charge is 1.00 e. The van der Waals surface area contributed by atoms with E-state index in [1.807, 2.05) is 0 Å². The van der Waals surface area contributed by atoms with Crippen molar-refractivity contribution < 1.29 is 78.2 Å². The van der Waals surface area contributed by atoms with Gasteiger partial charge >= 0.3 is 59.1 Å². The second-order valence-electron chi connectivity index (χ2n) is 4.33. The third-order valence-electron chi connectivity index (χ3n) is 2.86. The third kappa shape index (κ3) is 4.76. The van der Waals surface area contributed by atoms with Gasteiger partial charge < -0.3 is 28.6 Å². The Kier molecular flexibility index (Phi) is 7.68. The van der Waals surface area contributed by atoms with Gasteiger partial charge in [-0.2, -0.15) is 0 Å². The van der Waals surface area contributed by atoms with E-state index in [0.717, 1.165) is 0 Å². The minimum atomic E-state index is -4.67. The van der Waals surface area contributed by atoms with E-state index < -0.39 is 13.9 Å². The maximum absolute atomic E-state index is 12.1. The Morgan fingerprint density at radius 3 is 2.74 bits per heavy atom. The summed E-state index contributed by atoms with van der Waals surface area (Å²) in [5.74, 6) is 0.374. The fourth-order valence-corrected chi connectivity index (χ4v) is 2.31. The summed E-state index contributed by atoms with van der Waals surface area (Å²) in [5.41, 5.74) is 0.382. The summed E-state index contributed by atoms with van der Waals surface area (Å²) in [6, 6.07) is 0. The Bertz CT molecular complexity index is 900. The van der Waals surface area contributed by atoms with Crippen LogP contribution in [0.3, 0.4) is 0 Å². The molecule has 0 unspecified atom stereocenters. The van der Waals surface area contributed by atoms with E-state index in [1.54, 1.807) is 4.57 Å². The van der Waals surface area contributed by atoms with Gasteiger partial charge in [-0.1, -0.05) is 0 Å². The van der Waals surface area contributed by atoms with Crippen LogP contribution in [-0.4, -0.2) is 36.9 Å². The number of rotatable bonds is 5. The molecule has 0 saturated carbocycles. The molecule has 0 aliphatic heterocycles. The number of nitrogens with zero attached hydrogens (tertiary/aromatic N) is 4. The number of fused-ring (bicyclic) bond motifs is 2. The van der Waals surface area contributed by atoms with Gasteiger partial charge in [0.15, 0.2) is 5.52 Å². The second kappa shape index (κ2) is 8.39. The van der Waals surface area contributed by atoms with Crippen molar-refractivity contribution >= 4 is 24.5 Å². The van der Waals surface area contributed by atoms with Gasteiger partial charge in [-0.05, 0) is 7.60 Å². The second-order valence-corrected chi connectivity index (χ2v) is 5.81. The van der Waals surface area contributed by atoms with Gasteiger partial charge in [0, 0.05) is 18.9 Å². The molecule has 0 aliphatic carbocycles. The molecule has 0 saturated heterocycles. The van der Waals surface area contributed by atoms with Crippen LogP contribution in [-0.2, 0) is 15.8 Å². The van der Waals surface area contributed by atoms with Gasteiger partial charge in [-0.15, -0.1) is 0 Å². The van der Waals surface area contributed by atoms with Crippen molar-refractivity contribution in [2.24, 2.45) is 0 Å². The zero-order chi connectivity index (χ0) is 15.0. The van der Waals surface area contributed by atoms with Crippen molar-refractivity contribution in [3.63, 3.8) is 0 Å². The molecule has 0 atom stereocenters. The number of hydrogen-bond acceptors (Lipinski definition) is 7. The van der Waals surface area contributed by atoms with Crippen molar-refractivity contribution in [1.82, 2.24) is 23.9 Å². The van der Waals surface area contributed by atoms with Crippen molar-refractivity contribution in [2.75, 3.05) is 13.0 Å². The van der Waals surface area contributed by atoms with Crippen molar-refractivity contribution in [1.29, 1.82) is 0 Å². The molecular weight excluding hydrogens is 347 g/mol. The van der Waals surface area contributed by atoms with E-state index in [0.29, 0.717) is 11.4 Å². The average molecular weight is 357 g/mol. The number of ether oxygens (including phenoxy) is 1. The van der Waals surface area contributed by atoms with Gasteiger partial charge in [-0.25, -0.2) is 14.4 Å². The van der Waals surface area contributed by atoms with Gasteiger partial charge in [0.2, 0.25) is 5.78 Å². The van der Waals surface area contributed by atoms with Crippen LogP contribution in [0.5, 0.6) is 0 Å². The van der Waals surface area contributed by atoms with E-state index in [4.69, 9.17) is 4.74 Å². The molecule has 23 heavy (non-hydrogen) atoms. The molecule has 0 aromatic carbocycles. The van der Waals surface area contributed by atoms with Gasteiger partial charge in [0.1, 0.15) is 5.65 Å². The zero-order valence-corrected chi connectivity index (χ0v) is 17.5. The third-order valence-corrected chi connectivity index (χ3v) is 3.35. The quantitative estimate of drug-likeness (QED) is 0.272. The van der Waals surface area contributed by atoms with Crippen LogP contribution in [0, 0.1) is 0 Å². The van der Waals surface area contributed by atoms with Crippen LogP contribution >= 0.6 is 7.60 Å². The Hall–Kier alpha value is -0.000000000000000444. The molecular formula is C10H10N5Na2O5P. The summed E-state index contributed by atoms with van der Waals surface area (Å²) >= 11 is 0. The maximum atomic E-state index is 12.1. The normalized spacial score (nSPS) is 11.4. The van der Waals surface area contributed by atoms with Crippen LogP contribution in [0.1, 0.15) is 0 Å². The predicted octanol–water partition coefficient (Wildman–Crippen LogP) is -7.73. The minimum Gasteiger partial charge on any atom is -0.809 e. The molecule has 0 amide bonds. The average Bonchev–Trinajstić information content (AvgIpc) is 3.01. The number of hydrogen-bond donors (Lipinski definition) is 1. The molecule has 3 rings (SSSR count). The first kappa shape index (κ1) is 21.0. The maximum Gasteiger partial charge on any atom is 1.00 e. The Labute approximate surface area is 174 Å². The first-order valence-corrected chi connectivity index (χ1v) is 7.67. The monoisotopic (exact) mass is 357 g/mol. The number of nitrogens with one attached hydrogen (secondary N) is 1. The summed E-state index contributed by atoms with van der Waals surface area (Å²) in [4.78, 5) is 43.9. The molecule has 0 aliphatic rings. The van der Waals surface area contributed by atoms with Gasteiger partial charge in [-0.3, -0.25) is 4.79 Å². The molecule has 0 spiro atoms. The molecule has 0 bridgehead atoms. The van der Waals surface area contributed by atoms with E-state index in [1.165, 1.54) is 23.1 Å². The van der Waals surface area contributed by atoms with Crippen LogP contribution in [0.25, 0.3) is 16.9 Å². The molecule has 0 fully saturated rings. The Morgan fingerprint density at radius 2 is 2.04 bits per heavy atom. The number of imidazole rings is 2. The Balaban J connectivity index is 0.00000132. The fourth-order valence-electron chi connectivity index (χ4n) is 1.96. The summed E-state index contributed by atoms with van der Waals surface area (Å²) in [6.07, 6.45) is 3.58. The molecule has 112 valence electrons. The molecule has 3 aromatic rings. The fraction of sp³-hybridized carbons (Fsp3) is 0.300.